The van der Waals surface area contributed by atoms with Gasteiger partial charge in [-0.15, -0.1) is 0 Å². The first-order valence-corrected chi connectivity index (χ1v) is 7.07. The monoisotopic (exact) mass is 339 g/mol. The molecule has 0 aliphatic carbocycles. The SMILES string of the molecule is CC(C(=O)O)N(C)S(=O)(=O)c1cc(Br)ccc1F. The van der Waals surface area contributed by atoms with Gasteiger partial charge in [0.1, 0.15) is 16.8 Å². The van der Waals surface area contributed by atoms with Crippen molar-refractivity contribution in [3.05, 3.63) is 28.5 Å². The maximum Gasteiger partial charge on any atom is 0.321 e. The molecule has 1 unspecified atom stereocenters. The molecule has 0 spiro atoms. The summed E-state index contributed by atoms with van der Waals surface area (Å²) in [6.07, 6.45) is 0. The summed E-state index contributed by atoms with van der Waals surface area (Å²) in [6.45, 7) is 1.20. The van der Waals surface area contributed by atoms with Gasteiger partial charge in [0, 0.05) is 11.5 Å². The lowest BCUT2D eigenvalue weighted by atomic mass is 10.3. The van der Waals surface area contributed by atoms with Gasteiger partial charge in [-0.05, 0) is 25.1 Å². The zero-order valence-electron chi connectivity index (χ0n) is 9.59. The number of carbonyl (C=O) groups is 1. The fraction of sp³-hybridized carbons (Fsp3) is 0.300. The van der Waals surface area contributed by atoms with Gasteiger partial charge in [0.15, 0.2) is 0 Å². The Balaban J connectivity index is 3.29. The van der Waals surface area contributed by atoms with E-state index in [1.165, 1.54) is 13.0 Å². The number of nitrogens with zero attached hydrogens (tertiary/aromatic N) is 1. The Morgan fingerprint density at radius 2 is 2.06 bits per heavy atom. The molecule has 100 valence electrons. The molecule has 0 bridgehead atoms. The van der Waals surface area contributed by atoms with Crippen LogP contribution in [0, 0.1) is 5.82 Å². The molecule has 0 saturated heterocycles. The first-order valence-electron chi connectivity index (χ1n) is 4.84. The first-order chi connectivity index (χ1) is 8.17. The van der Waals surface area contributed by atoms with Gasteiger partial charge in [-0.25, -0.2) is 12.8 Å². The molecule has 0 aromatic heterocycles. The molecule has 0 amide bonds. The van der Waals surface area contributed by atoms with E-state index in [1.54, 1.807) is 0 Å². The Labute approximate surface area is 112 Å². The average molecular weight is 340 g/mol. The van der Waals surface area contributed by atoms with E-state index in [0.29, 0.717) is 8.78 Å². The van der Waals surface area contributed by atoms with Crippen LogP contribution in [0.4, 0.5) is 4.39 Å². The highest BCUT2D eigenvalue weighted by Crippen LogP contribution is 2.23. The van der Waals surface area contributed by atoms with E-state index >= 15 is 0 Å². The minimum atomic E-state index is -4.19. The van der Waals surface area contributed by atoms with Gasteiger partial charge in [-0.3, -0.25) is 4.79 Å². The fourth-order valence-corrected chi connectivity index (χ4v) is 3.11. The minimum absolute atomic E-state index is 0.388. The van der Waals surface area contributed by atoms with Gasteiger partial charge in [0.25, 0.3) is 0 Å². The van der Waals surface area contributed by atoms with Crippen LogP contribution in [0.3, 0.4) is 0 Å². The van der Waals surface area contributed by atoms with Crippen molar-refractivity contribution in [2.75, 3.05) is 7.05 Å². The highest BCUT2D eigenvalue weighted by atomic mass is 79.9. The van der Waals surface area contributed by atoms with Gasteiger partial charge in [0.2, 0.25) is 10.0 Å². The van der Waals surface area contributed by atoms with Crippen LogP contribution in [0.25, 0.3) is 0 Å². The molecule has 1 aromatic rings. The smallest absolute Gasteiger partial charge is 0.321 e. The van der Waals surface area contributed by atoms with Crippen LogP contribution in [-0.4, -0.2) is 36.9 Å². The van der Waals surface area contributed by atoms with Gasteiger partial charge in [-0.1, -0.05) is 15.9 Å². The van der Waals surface area contributed by atoms with Crippen LogP contribution in [0.2, 0.25) is 0 Å². The normalized spacial score (nSPS) is 13.6. The molecule has 0 aliphatic rings. The van der Waals surface area contributed by atoms with E-state index < -0.39 is 32.7 Å². The third kappa shape index (κ3) is 2.88. The number of hydrogen-bond acceptors (Lipinski definition) is 3. The second-order valence-electron chi connectivity index (χ2n) is 3.61. The number of hydrogen-bond donors (Lipinski definition) is 1. The van der Waals surface area contributed by atoms with Gasteiger partial charge in [-0.2, -0.15) is 4.31 Å². The number of sulfonamides is 1. The Kier molecular flexibility index (Phi) is 4.46. The molecule has 1 rings (SSSR count). The van der Waals surface area contributed by atoms with Crippen molar-refractivity contribution in [1.82, 2.24) is 4.31 Å². The minimum Gasteiger partial charge on any atom is -0.480 e. The maximum atomic E-state index is 13.5. The van der Waals surface area contributed by atoms with E-state index in [0.717, 1.165) is 19.2 Å². The summed E-state index contributed by atoms with van der Waals surface area (Å²) < 4.78 is 38.6. The van der Waals surface area contributed by atoms with E-state index in [9.17, 15) is 17.6 Å². The zero-order valence-corrected chi connectivity index (χ0v) is 12.0. The van der Waals surface area contributed by atoms with Gasteiger partial charge < -0.3 is 5.11 Å². The summed E-state index contributed by atoms with van der Waals surface area (Å²) in [6, 6.07) is 2.16. The number of rotatable bonds is 4. The van der Waals surface area contributed by atoms with Crippen LogP contribution in [-0.2, 0) is 14.8 Å². The van der Waals surface area contributed by atoms with Crippen molar-refractivity contribution < 1.29 is 22.7 Å². The van der Waals surface area contributed by atoms with E-state index in [-0.39, 0.29) is 0 Å². The Morgan fingerprint density at radius 3 is 2.56 bits per heavy atom. The second kappa shape index (κ2) is 5.33. The number of benzene rings is 1. The van der Waals surface area contributed by atoms with Crippen LogP contribution in [0.1, 0.15) is 6.92 Å². The Bertz CT molecular complexity index is 575. The molecule has 1 aromatic carbocycles. The number of carboxylic acids is 1. The molecular formula is C10H11BrFNO4S. The summed E-state index contributed by atoms with van der Waals surface area (Å²) >= 11 is 3.04. The zero-order chi connectivity index (χ0) is 14.1. The van der Waals surface area contributed by atoms with Crippen molar-refractivity contribution in [1.29, 1.82) is 0 Å². The summed E-state index contributed by atoms with van der Waals surface area (Å²) in [7, 11) is -3.10. The van der Waals surface area contributed by atoms with E-state index in [4.69, 9.17) is 5.11 Å². The molecule has 0 radical (unpaired) electrons. The van der Waals surface area contributed by atoms with Crippen LogP contribution in [0.15, 0.2) is 27.6 Å². The third-order valence-corrected chi connectivity index (χ3v) is 4.89. The number of likely N-dealkylation sites (N-methyl/N-ethyl adjacent to an activating group) is 1. The van der Waals surface area contributed by atoms with Crippen molar-refractivity contribution in [2.45, 2.75) is 17.9 Å². The quantitative estimate of drug-likeness (QED) is 0.905. The maximum absolute atomic E-state index is 13.5. The molecule has 5 nitrogen and oxygen atoms in total. The standard InChI is InChI=1S/C10H11BrFNO4S/c1-6(10(14)15)13(2)18(16,17)9-5-7(11)3-4-8(9)12/h3-6H,1-2H3,(H,14,15). The summed E-state index contributed by atoms with van der Waals surface area (Å²) in [4.78, 5) is 10.2. The second-order valence-corrected chi connectivity index (χ2v) is 6.49. The van der Waals surface area contributed by atoms with Crippen molar-refractivity contribution in [3.63, 3.8) is 0 Å². The number of halogens is 2. The largest absolute Gasteiger partial charge is 0.480 e. The highest BCUT2D eigenvalue weighted by Gasteiger charge is 2.31. The van der Waals surface area contributed by atoms with Crippen molar-refractivity contribution in [2.24, 2.45) is 0 Å². The molecule has 1 N–H and O–H groups in total. The van der Waals surface area contributed by atoms with Crippen molar-refractivity contribution in [3.8, 4) is 0 Å². The molecule has 8 heteroatoms. The lowest BCUT2D eigenvalue weighted by molar-refractivity contribution is -0.140. The molecule has 0 saturated carbocycles. The first kappa shape index (κ1) is 15.1. The third-order valence-electron chi connectivity index (χ3n) is 2.45. The summed E-state index contributed by atoms with van der Waals surface area (Å²) in [5, 5.41) is 8.78. The molecule has 1 atom stereocenters. The lowest BCUT2D eigenvalue weighted by Crippen LogP contribution is -2.40. The van der Waals surface area contributed by atoms with Crippen molar-refractivity contribution >= 4 is 31.9 Å². The Hall–Kier alpha value is -0.990. The summed E-state index contributed by atoms with van der Waals surface area (Å²) in [5.41, 5.74) is 0. The predicted octanol–water partition coefficient (Wildman–Crippen LogP) is 1.68. The molecule has 0 fully saturated rings. The van der Waals surface area contributed by atoms with Gasteiger partial charge in [0.05, 0.1) is 0 Å². The lowest BCUT2D eigenvalue weighted by Gasteiger charge is -2.21. The fourth-order valence-electron chi connectivity index (χ4n) is 1.19. The van der Waals surface area contributed by atoms with Gasteiger partial charge >= 0.3 is 5.97 Å². The molecule has 0 aliphatic heterocycles. The number of aliphatic carboxylic acids is 1. The van der Waals surface area contributed by atoms with E-state index in [1.807, 2.05) is 0 Å². The molecule has 0 heterocycles. The van der Waals surface area contributed by atoms with Crippen LogP contribution in [0.5, 0.6) is 0 Å². The molecule has 18 heavy (non-hydrogen) atoms. The summed E-state index contributed by atoms with van der Waals surface area (Å²) in [5.74, 6) is -2.24. The predicted molar refractivity (Wildman–Crippen MR) is 66.1 cm³/mol. The average Bonchev–Trinajstić information content (AvgIpc) is 2.29. The number of carboxylic acid groups (broad SMARTS) is 1. The Morgan fingerprint density at radius 1 is 1.50 bits per heavy atom. The van der Waals surface area contributed by atoms with Crippen LogP contribution >= 0.6 is 15.9 Å². The molecular weight excluding hydrogens is 329 g/mol. The topological polar surface area (TPSA) is 74.7 Å². The van der Waals surface area contributed by atoms with Crippen LogP contribution < -0.4 is 0 Å². The van der Waals surface area contributed by atoms with E-state index in [2.05, 4.69) is 15.9 Å². The highest BCUT2D eigenvalue weighted by molar-refractivity contribution is 9.10.